The van der Waals surface area contributed by atoms with E-state index >= 15 is 0 Å². The van der Waals surface area contributed by atoms with Crippen LogP contribution < -0.4 is 0 Å². The third-order valence-corrected chi connectivity index (χ3v) is 2.53. The van der Waals surface area contributed by atoms with Gasteiger partial charge in [0.1, 0.15) is 0 Å². The van der Waals surface area contributed by atoms with E-state index in [4.69, 9.17) is 25.5 Å². The Hall–Kier alpha value is -0.221. The normalized spacial score (nSPS) is 9.83. The molecule has 0 radical (unpaired) electrons. The third kappa shape index (κ3) is 9.77. The number of rotatable bonds is 4. The van der Waals surface area contributed by atoms with Crippen molar-refractivity contribution in [2.75, 3.05) is 0 Å². The molecule has 0 aliphatic rings. The van der Waals surface area contributed by atoms with E-state index in [0.29, 0.717) is 0 Å². The van der Waals surface area contributed by atoms with Gasteiger partial charge in [-0.1, -0.05) is 5.10 Å². The molecule has 0 bridgehead atoms. The number of thiocarbonyl (C=S) groups is 1. The number of nitriles is 1. The molecule has 96 valence electrons. The Morgan fingerprint density at radius 3 is 2.56 bits per heavy atom. The zero-order valence-corrected chi connectivity index (χ0v) is 13.5. The Bertz CT molecular complexity index is 491. The van der Waals surface area contributed by atoms with Crippen molar-refractivity contribution in [3.05, 3.63) is 21.9 Å². The minimum atomic E-state index is 0.194. The van der Waals surface area contributed by atoms with Crippen molar-refractivity contribution in [1.29, 1.82) is 5.26 Å². The second-order valence-electron chi connectivity index (χ2n) is 2.14. The molecule has 1 heterocycles. The van der Waals surface area contributed by atoms with Gasteiger partial charge in [-0.15, -0.1) is 16.4 Å². The molecule has 1 aromatic rings. The maximum absolute atomic E-state index is 8.24. The molecule has 0 unspecified atom stereocenters. The Morgan fingerprint density at radius 1 is 1.39 bits per heavy atom. The van der Waals surface area contributed by atoms with Gasteiger partial charge in [0.15, 0.2) is 5.40 Å². The molecule has 0 atom stereocenters. The first-order valence-electron chi connectivity index (χ1n) is 3.92. The van der Waals surface area contributed by atoms with E-state index in [1.807, 2.05) is 17.5 Å². The van der Waals surface area contributed by atoms with E-state index in [1.54, 1.807) is 12.4 Å². The molecule has 0 aromatic carbocycles. The summed E-state index contributed by atoms with van der Waals surface area (Å²) in [5.74, 6) is 0. The zero-order chi connectivity index (χ0) is 13.6. The molecule has 18 heavy (non-hydrogen) atoms. The average Bonchev–Trinajstić information content (AvgIpc) is 2.79. The molecule has 1 rings (SSSR count). The van der Waals surface area contributed by atoms with Gasteiger partial charge in [-0.05, 0) is 24.4 Å². The number of hydrogen-bond donors (Lipinski definition) is 0. The molecule has 0 amide bonds. The quantitative estimate of drug-likeness (QED) is 0.198. The summed E-state index contributed by atoms with van der Waals surface area (Å²) < 4.78 is 3.81. The van der Waals surface area contributed by atoms with Crippen molar-refractivity contribution in [3.8, 4) is 5.40 Å². The van der Waals surface area contributed by atoms with Gasteiger partial charge in [0.05, 0.1) is 29.5 Å². The SMILES string of the molecule is N#CS/N=C/c1ccc(/C=N/N=C=S)s1.[Cl][Fe][Cl]. The Balaban J connectivity index is 0.000000873. The van der Waals surface area contributed by atoms with E-state index in [1.165, 1.54) is 11.3 Å². The molecule has 0 saturated carbocycles. The summed E-state index contributed by atoms with van der Waals surface area (Å²) >= 11 is 6.89. The van der Waals surface area contributed by atoms with Crippen molar-refractivity contribution in [1.82, 2.24) is 0 Å². The van der Waals surface area contributed by atoms with Crippen molar-refractivity contribution in [2.45, 2.75) is 0 Å². The van der Waals surface area contributed by atoms with Gasteiger partial charge in [-0.3, -0.25) is 0 Å². The summed E-state index contributed by atoms with van der Waals surface area (Å²) in [5, 5.41) is 19.3. The van der Waals surface area contributed by atoms with Crippen LogP contribution in [0, 0.1) is 10.7 Å². The summed E-state index contributed by atoms with van der Waals surface area (Å²) in [5.41, 5.74) is 0. The molecule has 0 aliphatic carbocycles. The second-order valence-corrected chi connectivity index (χ2v) is 5.87. The monoisotopic (exact) mass is 378 g/mol. The van der Waals surface area contributed by atoms with Crippen LogP contribution in [0.4, 0.5) is 0 Å². The van der Waals surface area contributed by atoms with Crippen LogP contribution in [0.5, 0.6) is 0 Å². The second kappa shape index (κ2) is 13.2. The molecule has 0 N–H and O–H groups in total. The van der Waals surface area contributed by atoms with Crippen LogP contribution in [-0.2, 0) is 13.1 Å². The summed E-state index contributed by atoms with van der Waals surface area (Å²) in [6.45, 7) is 0. The number of thiophene rings is 1. The fourth-order valence-electron chi connectivity index (χ4n) is 0.718. The Morgan fingerprint density at radius 2 is 2.00 bits per heavy atom. The van der Waals surface area contributed by atoms with Crippen molar-refractivity contribution in [2.24, 2.45) is 14.6 Å². The molecule has 10 heteroatoms. The van der Waals surface area contributed by atoms with E-state index < -0.39 is 0 Å². The predicted molar refractivity (Wildman–Crippen MR) is 79.4 cm³/mol. The fourth-order valence-corrected chi connectivity index (χ4v) is 1.80. The maximum atomic E-state index is 8.24. The third-order valence-electron chi connectivity index (χ3n) is 1.20. The first kappa shape index (κ1) is 17.8. The molecule has 0 aliphatic heterocycles. The van der Waals surface area contributed by atoms with Gasteiger partial charge in [-0.25, -0.2) is 4.40 Å². The van der Waals surface area contributed by atoms with E-state index in [2.05, 4.69) is 32.0 Å². The summed E-state index contributed by atoms with van der Waals surface area (Å²) in [4.78, 5) is 1.89. The molecule has 0 fully saturated rings. The summed E-state index contributed by atoms with van der Waals surface area (Å²) in [6, 6.07) is 3.76. The summed E-state index contributed by atoms with van der Waals surface area (Å²) in [6.07, 6.45) is 3.21. The van der Waals surface area contributed by atoms with Gasteiger partial charge in [-0.2, -0.15) is 5.26 Å². The van der Waals surface area contributed by atoms with Crippen LogP contribution >= 0.6 is 55.7 Å². The Kier molecular flexibility index (Phi) is 13.1. The van der Waals surface area contributed by atoms with Crippen LogP contribution in [0.15, 0.2) is 26.7 Å². The number of halogens is 2. The zero-order valence-electron chi connectivity index (χ0n) is 8.43. The number of hydrogen-bond acceptors (Lipinski definition) is 7. The molecule has 0 spiro atoms. The molecular formula is C8H4Cl2FeN4S3. The molecule has 1 aromatic heterocycles. The van der Waals surface area contributed by atoms with Crippen molar-refractivity contribution < 1.29 is 13.1 Å². The average molecular weight is 379 g/mol. The van der Waals surface area contributed by atoms with Crippen LogP contribution in [0.2, 0.25) is 0 Å². The number of isothiocyanates is 1. The minimum absolute atomic E-state index is 0.194. The van der Waals surface area contributed by atoms with Gasteiger partial charge < -0.3 is 0 Å². The van der Waals surface area contributed by atoms with Gasteiger partial charge in [0.25, 0.3) is 0 Å². The van der Waals surface area contributed by atoms with E-state index in [0.717, 1.165) is 21.7 Å². The van der Waals surface area contributed by atoms with Gasteiger partial charge >= 0.3 is 33.3 Å². The van der Waals surface area contributed by atoms with E-state index in [9.17, 15) is 0 Å². The van der Waals surface area contributed by atoms with Crippen LogP contribution in [0.1, 0.15) is 9.75 Å². The topological polar surface area (TPSA) is 60.9 Å². The first-order chi connectivity index (χ1) is 8.78. The van der Waals surface area contributed by atoms with Gasteiger partial charge in [0.2, 0.25) is 0 Å². The predicted octanol–water partition coefficient (Wildman–Crippen LogP) is 4.11. The van der Waals surface area contributed by atoms with Crippen LogP contribution in [0.3, 0.4) is 0 Å². The fraction of sp³-hybridized carbons (Fsp3) is 0. The molecular weight excluding hydrogens is 375 g/mol. The van der Waals surface area contributed by atoms with Gasteiger partial charge in [0, 0.05) is 9.75 Å². The van der Waals surface area contributed by atoms with Crippen LogP contribution in [-0.4, -0.2) is 17.6 Å². The molecule has 4 nitrogen and oxygen atoms in total. The first-order valence-corrected chi connectivity index (χ1v) is 8.95. The number of thiocyanates is 1. The van der Waals surface area contributed by atoms with Crippen molar-refractivity contribution in [3.63, 3.8) is 0 Å². The number of nitrogens with zero attached hydrogens (tertiary/aromatic N) is 4. The summed E-state index contributed by atoms with van der Waals surface area (Å²) in [7, 11) is 9.53. The van der Waals surface area contributed by atoms with Crippen molar-refractivity contribution >= 4 is 73.3 Å². The van der Waals surface area contributed by atoms with Crippen LogP contribution in [0.25, 0.3) is 0 Å². The standard InChI is InChI=1S/C8H4N4S3.2ClH.Fe/c9-5-14-12-4-8-2-1-7(15-8)3-10-11-6-13;;;/h1-4H;2*1H;/q;;;+2/p-2/b10-3+,12-4+;;;. The van der Waals surface area contributed by atoms with E-state index in [-0.39, 0.29) is 13.1 Å². The Labute approximate surface area is 133 Å². The molecule has 0 saturated heterocycles.